The van der Waals surface area contributed by atoms with Crippen LogP contribution in [0, 0.1) is 6.92 Å². The summed E-state index contributed by atoms with van der Waals surface area (Å²) in [6.45, 7) is 8.17. The van der Waals surface area contributed by atoms with Crippen molar-refractivity contribution in [2.45, 2.75) is 20.4 Å². The quantitative estimate of drug-likeness (QED) is 0.273. The fourth-order valence-electron chi connectivity index (χ4n) is 4.16. The average Bonchev–Trinajstić information content (AvgIpc) is 3.17. The van der Waals surface area contributed by atoms with Crippen LogP contribution in [0.1, 0.15) is 27.7 Å². The van der Waals surface area contributed by atoms with E-state index in [0.717, 1.165) is 59.3 Å². The number of carbonyl (C=O) groups is 1. The molecule has 0 spiro atoms. The topological polar surface area (TPSA) is 44.8 Å². The van der Waals surface area contributed by atoms with Crippen molar-refractivity contribution < 1.29 is 9.53 Å². The average molecular weight is 549 g/mol. The lowest BCUT2D eigenvalue weighted by Crippen LogP contribution is -2.49. The summed E-state index contributed by atoms with van der Waals surface area (Å²) >= 11 is 19.7. The molecule has 0 saturated carbocycles. The third-order valence-corrected chi connectivity index (χ3v) is 7.88. The predicted molar refractivity (Wildman–Crippen MR) is 150 cm³/mol. The van der Waals surface area contributed by atoms with Crippen LogP contribution in [0.2, 0.25) is 10.0 Å². The van der Waals surface area contributed by atoms with Gasteiger partial charge in [0.1, 0.15) is 10.6 Å². The lowest BCUT2D eigenvalue weighted by Gasteiger charge is -2.36. The second-order valence-electron chi connectivity index (χ2n) is 8.25. The number of benzene rings is 2. The van der Waals surface area contributed by atoms with E-state index in [-0.39, 0.29) is 5.97 Å². The molecule has 0 amide bonds. The SMILES string of the molecule is CCOC(=O)c1c(NC(=S)N2CCN(Cc3ccc(Cl)cc3Cl)CC2)sc(C)c1-c1ccccc1. The van der Waals surface area contributed by atoms with Gasteiger partial charge in [-0.05, 0) is 49.3 Å². The van der Waals surface area contributed by atoms with Crippen LogP contribution >= 0.6 is 46.8 Å². The highest BCUT2D eigenvalue weighted by atomic mass is 35.5. The lowest BCUT2D eigenvalue weighted by atomic mass is 10.0. The van der Waals surface area contributed by atoms with E-state index >= 15 is 0 Å². The van der Waals surface area contributed by atoms with Crippen LogP contribution in [0.3, 0.4) is 0 Å². The minimum absolute atomic E-state index is 0.311. The number of thiophene rings is 1. The number of piperazine rings is 1. The zero-order valence-electron chi connectivity index (χ0n) is 19.6. The van der Waals surface area contributed by atoms with Crippen LogP contribution in [0.5, 0.6) is 0 Å². The van der Waals surface area contributed by atoms with Crippen molar-refractivity contribution in [2.24, 2.45) is 0 Å². The molecule has 35 heavy (non-hydrogen) atoms. The minimum atomic E-state index is -0.342. The van der Waals surface area contributed by atoms with Crippen molar-refractivity contribution in [2.75, 3.05) is 38.1 Å². The Morgan fingerprint density at radius 2 is 1.83 bits per heavy atom. The molecule has 0 radical (unpaired) electrons. The van der Waals surface area contributed by atoms with Gasteiger partial charge in [-0.25, -0.2) is 4.79 Å². The van der Waals surface area contributed by atoms with Gasteiger partial charge >= 0.3 is 5.97 Å². The Bertz CT molecular complexity index is 1210. The number of rotatable bonds is 6. The molecule has 2 heterocycles. The summed E-state index contributed by atoms with van der Waals surface area (Å²) in [6.07, 6.45) is 0. The number of nitrogens with one attached hydrogen (secondary N) is 1. The minimum Gasteiger partial charge on any atom is -0.462 e. The Labute approximate surface area is 225 Å². The second kappa shape index (κ2) is 11.7. The first-order valence-corrected chi connectivity index (χ1v) is 13.4. The normalized spacial score (nSPS) is 14.1. The number of carbonyl (C=O) groups excluding carboxylic acids is 1. The van der Waals surface area contributed by atoms with E-state index < -0.39 is 0 Å². The van der Waals surface area contributed by atoms with Crippen LogP contribution in [-0.4, -0.2) is 53.7 Å². The molecule has 1 aliphatic heterocycles. The predicted octanol–water partition coefficient (Wildman–Crippen LogP) is 6.72. The van der Waals surface area contributed by atoms with E-state index in [1.165, 1.54) is 11.3 Å². The summed E-state index contributed by atoms with van der Waals surface area (Å²) in [5.41, 5.74) is 3.48. The van der Waals surface area contributed by atoms with Crippen molar-refractivity contribution in [3.63, 3.8) is 0 Å². The largest absolute Gasteiger partial charge is 0.462 e. The van der Waals surface area contributed by atoms with E-state index in [2.05, 4.69) is 15.1 Å². The van der Waals surface area contributed by atoms with Gasteiger partial charge < -0.3 is 15.0 Å². The lowest BCUT2D eigenvalue weighted by molar-refractivity contribution is 0.0529. The molecule has 4 rings (SSSR count). The van der Waals surface area contributed by atoms with Crippen molar-refractivity contribution in [3.05, 3.63) is 74.6 Å². The van der Waals surface area contributed by atoms with Crippen molar-refractivity contribution in [3.8, 4) is 11.1 Å². The van der Waals surface area contributed by atoms with E-state index in [1.54, 1.807) is 6.07 Å². The first-order valence-electron chi connectivity index (χ1n) is 11.5. The van der Waals surface area contributed by atoms with Crippen LogP contribution in [0.15, 0.2) is 48.5 Å². The molecule has 3 aromatic rings. The summed E-state index contributed by atoms with van der Waals surface area (Å²) < 4.78 is 5.40. The van der Waals surface area contributed by atoms with Gasteiger partial charge in [-0.3, -0.25) is 4.90 Å². The first-order chi connectivity index (χ1) is 16.9. The van der Waals surface area contributed by atoms with E-state index in [4.69, 9.17) is 40.2 Å². The zero-order valence-corrected chi connectivity index (χ0v) is 22.8. The van der Waals surface area contributed by atoms with Gasteiger partial charge in [0, 0.05) is 53.2 Å². The number of halogens is 2. The first kappa shape index (κ1) is 25.9. The summed E-state index contributed by atoms with van der Waals surface area (Å²) in [7, 11) is 0. The van der Waals surface area contributed by atoms with Gasteiger partial charge in [-0.1, -0.05) is 59.6 Å². The molecule has 9 heteroatoms. The Morgan fingerprint density at radius 3 is 2.49 bits per heavy atom. The van der Waals surface area contributed by atoms with E-state index in [9.17, 15) is 4.79 Å². The number of hydrogen-bond donors (Lipinski definition) is 1. The maximum atomic E-state index is 13.0. The summed E-state index contributed by atoms with van der Waals surface area (Å²) in [5.74, 6) is -0.342. The Kier molecular flexibility index (Phi) is 8.68. The number of thiocarbonyl (C=S) groups is 1. The maximum absolute atomic E-state index is 13.0. The van der Waals surface area contributed by atoms with Gasteiger partial charge in [-0.15, -0.1) is 11.3 Å². The van der Waals surface area contributed by atoms with Gasteiger partial charge in [-0.2, -0.15) is 0 Å². The van der Waals surface area contributed by atoms with Crippen LogP contribution in [0.4, 0.5) is 5.00 Å². The smallest absolute Gasteiger partial charge is 0.341 e. The molecule has 0 unspecified atom stereocenters. The van der Waals surface area contributed by atoms with Crippen LogP contribution in [0.25, 0.3) is 11.1 Å². The standard InChI is InChI=1S/C26H27Cl2N3O2S2/c1-3-33-25(32)23-22(18-7-5-4-6-8-18)17(2)35-24(23)29-26(34)31-13-11-30(12-14-31)16-19-9-10-20(27)15-21(19)28/h4-10,15H,3,11-14,16H2,1-2H3,(H,29,34). The highest BCUT2D eigenvalue weighted by Crippen LogP contribution is 2.40. The molecule has 2 aromatic carbocycles. The fraction of sp³-hybridized carbons (Fsp3) is 0.308. The number of ether oxygens (including phenoxy) is 1. The number of anilines is 1. The van der Waals surface area contributed by atoms with Crippen LogP contribution < -0.4 is 5.32 Å². The van der Waals surface area contributed by atoms with E-state index in [0.29, 0.717) is 27.3 Å². The summed E-state index contributed by atoms with van der Waals surface area (Å²) in [4.78, 5) is 18.5. The monoisotopic (exact) mass is 547 g/mol. The third-order valence-electron chi connectivity index (χ3n) is 5.92. The van der Waals surface area contributed by atoms with E-state index in [1.807, 2.05) is 56.3 Å². The number of nitrogens with zero attached hydrogens (tertiary/aromatic N) is 2. The second-order valence-corrected chi connectivity index (χ2v) is 10.7. The number of esters is 1. The molecule has 5 nitrogen and oxygen atoms in total. The molecular weight excluding hydrogens is 521 g/mol. The molecule has 0 aliphatic carbocycles. The van der Waals surface area contributed by atoms with Crippen molar-refractivity contribution in [1.29, 1.82) is 0 Å². The molecular formula is C26H27Cl2N3O2S2. The highest BCUT2D eigenvalue weighted by Gasteiger charge is 2.27. The molecule has 0 bridgehead atoms. The van der Waals surface area contributed by atoms with Crippen LogP contribution in [-0.2, 0) is 11.3 Å². The van der Waals surface area contributed by atoms with Gasteiger partial charge in [0.05, 0.1) is 6.61 Å². The van der Waals surface area contributed by atoms with Crippen molar-refractivity contribution >= 4 is 62.8 Å². The van der Waals surface area contributed by atoms with Gasteiger partial charge in [0.2, 0.25) is 0 Å². The Hall–Kier alpha value is -2.16. The zero-order chi connectivity index (χ0) is 24.9. The molecule has 1 N–H and O–H groups in total. The van der Waals surface area contributed by atoms with Gasteiger partial charge in [0.25, 0.3) is 0 Å². The highest BCUT2D eigenvalue weighted by molar-refractivity contribution is 7.80. The summed E-state index contributed by atoms with van der Waals surface area (Å²) in [6, 6.07) is 15.5. The molecule has 184 valence electrons. The summed E-state index contributed by atoms with van der Waals surface area (Å²) in [5, 5.41) is 6.01. The maximum Gasteiger partial charge on any atom is 0.341 e. The number of aryl methyl sites for hydroxylation is 1. The van der Waals surface area contributed by atoms with Gasteiger partial charge in [0.15, 0.2) is 5.11 Å². The molecule has 1 fully saturated rings. The fourth-order valence-corrected chi connectivity index (χ4v) is 6.04. The third kappa shape index (κ3) is 6.16. The molecule has 0 atom stereocenters. The molecule has 1 aliphatic rings. The Morgan fingerprint density at radius 1 is 1.11 bits per heavy atom. The molecule has 1 saturated heterocycles. The Balaban J connectivity index is 1.46. The van der Waals surface area contributed by atoms with Crippen molar-refractivity contribution in [1.82, 2.24) is 9.80 Å². The number of hydrogen-bond acceptors (Lipinski definition) is 5. The molecule has 1 aromatic heterocycles.